The Morgan fingerprint density at radius 1 is 1.03 bits per heavy atom. The monoisotopic (exact) mass is 459 g/mol. The highest BCUT2D eigenvalue weighted by atomic mass is 35.5. The van der Waals surface area contributed by atoms with Gasteiger partial charge in [-0.1, -0.05) is 23.7 Å². The van der Waals surface area contributed by atoms with E-state index >= 15 is 0 Å². The van der Waals surface area contributed by atoms with Crippen molar-refractivity contribution in [2.45, 2.75) is 4.90 Å². The highest BCUT2D eigenvalue weighted by molar-refractivity contribution is 7.89. The van der Waals surface area contributed by atoms with Gasteiger partial charge >= 0.3 is 0 Å². The number of halogens is 1. The number of amides is 2. The number of anilines is 1. The SMILES string of the molecule is O=C1Nc2ccc(S(=O)(=O)N3CCN(C(=O)/C=C/c4cccc(Cl)c4)CC3)cc2C1=O. The first-order chi connectivity index (χ1) is 14.8. The van der Waals surface area contributed by atoms with E-state index in [1.54, 1.807) is 29.2 Å². The lowest BCUT2D eigenvalue weighted by atomic mass is 10.1. The molecule has 2 aromatic rings. The first kappa shape index (κ1) is 21.2. The third-order valence-electron chi connectivity index (χ3n) is 5.15. The van der Waals surface area contributed by atoms with Crippen molar-refractivity contribution in [3.63, 3.8) is 0 Å². The van der Waals surface area contributed by atoms with Gasteiger partial charge in [-0.3, -0.25) is 14.4 Å². The Bertz CT molecular complexity index is 1220. The highest BCUT2D eigenvalue weighted by Crippen LogP contribution is 2.27. The zero-order chi connectivity index (χ0) is 22.2. The minimum absolute atomic E-state index is 0.0473. The van der Waals surface area contributed by atoms with Crippen molar-refractivity contribution in [2.24, 2.45) is 0 Å². The van der Waals surface area contributed by atoms with E-state index in [4.69, 9.17) is 11.6 Å². The molecule has 0 radical (unpaired) electrons. The minimum Gasteiger partial charge on any atom is -0.337 e. The summed E-state index contributed by atoms with van der Waals surface area (Å²) in [6.45, 7) is 0.728. The number of carbonyl (C=O) groups excluding carboxylic acids is 3. The van der Waals surface area contributed by atoms with Crippen LogP contribution >= 0.6 is 11.6 Å². The quantitative estimate of drug-likeness (QED) is 0.556. The molecule has 2 amide bonds. The molecular weight excluding hydrogens is 442 g/mol. The molecule has 1 N–H and O–H groups in total. The minimum atomic E-state index is -3.86. The van der Waals surface area contributed by atoms with E-state index in [0.29, 0.717) is 10.7 Å². The average Bonchev–Trinajstić information content (AvgIpc) is 3.05. The van der Waals surface area contributed by atoms with Crippen LogP contribution in [0.2, 0.25) is 5.02 Å². The number of sulfonamides is 1. The summed E-state index contributed by atoms with van der Waals surface area (Å²) < 4.78 is 27.2. The van der Waals surface area contributed by atoms with Gasteiger partial charge in [-0.2, -0.15) is 4.31 Å². The Morgan fingerprint density at radius 2 is 1.77 bits per heavy atom. The molecule has 0 aromatic heterocycles. The Balaban J connectivity index is 1.42. The summed E-state index contributed by atoms with van der Waals surface area (Å²) in [6, 6.07) is 11.1. The summed E-state index contributed by atoms with van der Waals surface area (Å²) in [5, 5.41) is 2.97. The molecule has 0 bridgehead atoms. The van der Waals surface area contributed by atoms with Gasteiger partial charge in [0.05, 0.1) is 16.1 Å². The Kier molecular flexibility index (Phi) is 5.65. The zero-order valence-electron chi connectivity index (χ0n) is 16.2. The number of nitrogens with one attached hydrogen (secondary N) is 1. The normalized spacial score (nSPS) is 17.1. The van der Waals surface area contributed by atoms with Gasteiger partial charge in [-0.05, 0) is 42.0 Å². The number of hydrogen-bond donors (Lipinski definition) is 1. The number of benzene rings is 2. The van der Waals surface area contributed by atoms with Gasteiger partial charge in [0.1, 0.15) is 0 Å². The number of nitrogens with zero attached hydrogens (tertiary/aromatic N) is 2. The standard InChI is InChI=1S/C21H18ClN3O5S/c22-15-3-1-2-14(12-15)4-7-19(26)24-8-10-25(11-9-24)31(29,30)16-5-6-18-17(13-16)20(27)21(28)23-18/h1-7,12-13H,8-11H2,(H,23,27,28)/b7-4+. The molecule has 31 heavy (non-hydrogen) atoms. The fourth-order valence-corrected chi connectivity index (χ4v) is 5.11. The summed E-state index contributed by atoms with van der Waals surface area (Å²) in [4.78, 5) is 37.3. The van der Waals surface area contributed by atoms with E-state index in [2.05, 4.69) is 5.32 Å². The molecule has 0 atom stereocenters. The lowest BCUT2D eigenvalue weighted by molar-refractivity contribution is -0.127. The molecule has 0 spiro atoms. The molecule has 2 aliphatic heterocycles. The van der Waals surface area contributed by atoms with Crippen LogP contribution in [0.1, 0.15) is 15.9 Å². The van der Waals surface area contributed by atoms with Crippen LogP contribution in [0.3, 0.4) is 0 Å². The smallest absolute Gasteiger partial charge is 0.296 e. The molecular formula is C21H18ClN3O5S. The lowest BCUT2D eigenvalue weighted by Gasteiger charge is -2.33. The number of ketones is 1. The van der Waals surface area contributed by atoms with Gasteiger partial charge in [0, 0.05) is 37.3 Å². The number of piperazine rings is 1. The molecule has 1 saturated heterocycles. The van der Waals surface area contributed by atoms with Crippen LogP contribution in [-0.4, -0.2) is 61.4 Å². The Labute approximate surface area is 184 Å². The van der Waals surface area contributed by atoms with Crippen LogP contribution < -0.4 is 5.32 Å². The molecule has 2 aromatic carbocycles. The average molecular weight is 460 g/mol. The van der Waals surface area contributed by atoms with Crippen molar-refractivity contribution < 1.29 is 22.8 Å². The van der Waals surface area contributed by atoms with E-state index in [-0.39, 0.29) is 42.5 Å². The van der Waals surface area contributed by atoms with E-state index in [1.165, 1.54) is 28.6 Å². The summed E-state index contributed by atoms with van der Waals surface area (Å²) in [5.74, 6) is -1.75. The third kappa shape index (κ3) is 4.25. The van der Waals surface area contributed by atoms with Crippen LogP contribution in [0.4, 0.5) is 5.69 Å². The predicted octanol–water partition coefficient (Wildman–Crippen LogP) is 2.02. The molecule has 10 heteroatoms. The maximum atomic E-state index is 13.0. The van der Waals surface area contributed by atoms with E-state index in [0.717, 1.165) is 5.56 Å². The molecule has 1 fully saturated rings. The first-order valence-corrected chi connectivity index (χ1v) is 11.3. The molecule has 160 valence electrons. The van der Waals surface area contributed by atoms with Crippen LogP contribution in [0.25, 0.3) is 6.08 Å². The summed E-state index contributed by atoms with van der Waals surface area (Å²) in [5.41, 5.74) is 1.14. The van der Waals surface area contributed by atoms with Crippen LogP contribution in [0.15, 0.2) is 53.4 Å². The van der Waals surface area contributed by atoms with Gasteiger partial charge in [0.25, 0.3) is 11.7 Å². The van der Waals surface area contributed by atoms with Crippen molar-refractivity contribution in [1.82, 2.24) is 9.21 Å². The molecule has 0 unspecified atom stereocenters. The number of hydrogen-bond acceptors (Lipinski definition) is 5. The zero-order valence-corrected chi connectivity index (χ0v) is 17.8. The second-order valence-corrected chi connectivity index (χ2v) is 9.48. The number of Topliss-reactive ketones (excluding diaryl/α,β-unsaturated/α-hetero) is 1. The first-order valence-electron chi connectivity index (χ1n) is 9.48. The van der Waals surface area contributed by atoms with Crippen LogP contribution in [0, 0.1) is 0 Å². The molecule has 0 saturated carbocycles. The second kappa shape index (κ2) is 8.26. The largest absolute Gasteiger partial charge is 0.337 e. The van der Waals surface area contributed by atoms with Gasteiger partial charge in [0.2, 0.25) is 15.9 Å². The fourth-order valence-electron chi connectivity index (χ4n) is 3.46. The maximum Gasteiger partial charge on any atom is 0.296 e. The second-order valence-electron chi connectivity index (χ2n) is 7.11. The summed E-state index contributed by atoms with van der Waals surface area (Å²) in [7, 11) is -3.86. The topological polar surface area (TPSA) is 104 Å². The van der Waals surface area contributed by atoms with Gasteiger partial charge in [0.15, 0.2) is 0 Å². The van der Waals surface area contributed by atoms with Crippen molar-refractivity contribution in [3.05, 3.63) is 64.7 Å². The number of fused-ring (bicyclic) bond motifs is 1. The van der Waals surface area contributed by atoms with Gasteiger partial charge in [-0.25, -0.2) is 8.42 Å². The lowest BCUT2D eigenvalue weighted by Crippen LogP contribution is -2.50. The summed E-state index contributed by atoms with van der Waals surface area (Å²) in [6.07, 6.45) is 3.10. The van der Waals surface area contributed by atoms with Crippen molar-refractivity contribution in [2.75, 3.05) is 31.5 Å². The van der Waals surface area contributed by atoms with Crippen LogP contribution in [0.5, 0.6) is 0 Å². The number of carbonyl (C=O) groups is 3. The molecule has 8 nitrogen and oxygen atoms in total. The molecule has 0 aliphatic carbocycles. The van der Waals surface area contributed by atoms with Crippen molar-refractivity contribution in [3.8, 4) is 0 Å². The molecule has 2 aliphatic rings. The van der Waals surface area contributed by atoms with E-state index in [9.17, 15) is 22.8 Å². The third-order valence-corrected chi connectivity index (χ3v) is 7.27. The molecule has 2 heterocycles. The predicted molar refractivity (Wildman–Crippen MR) is 115 cm³/mol. The van der Waals surface area contributed by atoms with Gasteiger partial charge in [-0.15, -0.1) is 0 Å². The van der Waals surface area contributed by atoms with E-state index in [1.807, 2.05) is 6.07 Å². The highest BCUT2D eigenvalue weighted by Gasteiger charge is 2.33. The van der Waals surface area contributed by atoms with Gasteiger partial charge < -0.3 is 10.2 Å². The van der Waals surface area contributed by atoms with Crippen molar-refractivity contribution >= 4 is 51.0 Å². The Morgan fingerprint density at radius 3 is 2.48 bits per heavy atom. The van der Waals surface area contributed by atoms with Crippen molar-refractivity contribution in [1.29, 1.82) is 0 Å². The maximum absolute atomic E-state index is 13.0. The molecule has 4 rings (SSSR count). The number of rotatable bonds is 4. The summed E-state index contributed by atoms with van der Waals surface area (Å²) >= 11 is 5.93. The Hall–Kier alpha value is -3.01. The van der Waals surface area contributed by atoms with E-state index < -0.39 is 21.7 Å². The van der Waals surface area contributed by atoms with Crippen LogP contribution in [-0.2, 0) is 19.6 Å². The fraction of sp³-hybridized carbons (Fsp3) is 0.190.